The van der Waals surface area contributed by atoms with E-state index in [9.17, 15) is 9.59 Å². The molecule has 0 atom stereocenters. The number of aromatic nitrogens is 3. The van der Waals surface area contributed by atoms with Crippen molar-refractivity contribution in [1.82, 2.24) is 19.4 Å². The van der Waals surface area contributed by atoms with Crippen molar-refractivity contribution in [2.45, 2.75) is 26.4 Å². The zero-order valence-electron chi connectivity index (χ0n) is 13.7. The zero-order valence-corrected chi connectivity index (χ0v) is 13.7. The summed E-state index contributed by atoms with van der Waals surface area (Å²) in [6.45, 7) is 2.56. The maximum atomic E-state index is 12.7. The Morgan fingerprint density at radius 1 is 1.29 bits per heavy atom. The van der Waals surface area contributed by atoms with Gasteiger partial charge in [0.15, 0.2) is 0 Å². The molecule has 122 valence electrons. The van der Waals surface area contributed by atoms with Crippen LogP contribution in [0.5, 0.6) is 0 Å². The predicted molar refractivity (Wildman–Crippen MR) is 90.5 cm³/mol. The van der Waals surface area contributed by atoms with Crippen molar-refractivity contribution in [3.05, 3.63) is 63.5 Å². The van der Waals surface area contributed by atoms with Crippen LogP contribution in [0.4, 0.5) is 0 Å². The third-order valence-corrected chi connectivity index (χ3v) is 4.75. The van der Waals surface area contributed by atoms with Gasteiger partial charge >= 0.3 is 0 Å². The lowest BCUT2D eigenvalue weighted by Crippen LogP contribution is -2.28. The molecule has 24 heavy (non-hydrogen) atoms. The zero-order chi connectivity index (χ0) is 16.8. The Balaban J connectivity index is 1.59. The van der Waals surface area contributed by atoms with Crippen molar-refractivity contribution in [2.75, 3.05) is 0 Å². The van der Waals surface area contributed by atoms with E-state index in [2.05, 4.69) is 9.97 Å². The fraction of sp³-hybridized carbons (Fsp3) is 0.278. The van der Waals surface area contributed by atoms with Crippen LogP contribution in [-0.2, 0) is 31.4 Å². The van der Waals surface area contributed by atoms with Crippen molar-refractivity contribution >= 4 is 16.8 Å². The standard InChI is InChI=1S/C18H18N4O2/c1-11-20-16-10-22(9-14(16)18(24)21(11)2)17(23)7-12-8-19-15-6-4-3-5-13(12)15/h3-6,8,19H,7,9-10H2,1-2H3. The third-order valence-electron chi connectivity index (χ3n) is 4.75. The minimum atomic E-state index is -0.0557. The van der Waals surface area contributed by atoms with Crippen molar-refractivity contribution in [1.29, 1.82) is 0 Å². The van der Waals surface area contributed by atoms with Crippen LogP contribution in [0.2, 0.25) is 0 Å². The van der Waals surface area contributed by atoms with E-state index in [0.717, 1.165) is 22.2 Å². The van der Waals surface area contributed by atoms with E-state index in [4.69, 9.17) is 0 Å². The highest BCUT2D eigenvalue weighted by Gasteiger charge is 2.28. The minimum absolute atomic E-state index is 0.0115. The predicted octanol–water partition coefficient (Wildman–Crippen LogP) is 1.65. The fourth-order valence-electron chi connectivity index (χ4n) is 3.26. The highest BCUT2D eigenvalue weighted by Crippen LogP contribution is 2.22. The highest BCUT2D eigenvalue weighted by molar-refractivity contribution is 5.89. The molecule has 0 saturated heterocycles. The Kier molecular flexibility index (Phi) is 3.26. The van der Waals surface area contributed by atoms with Gasteiger partial charge in [-0.05, 0) is 18.6 Å². The van der Waals surface area contributed by atoms with Crippen LogP contribution in [0.1, 0.15) is 22.6 Å². The van der Waals surface area contributed by atoms with Gasteiger partial charge in [-0.3, -0.25) is 14.2 Å². The van der Waals surface area contributed by atoms with Crippen LogP contribution in [0, 0.1) is 6.92 Å². The molecule has 1 N–H and O–H groups in total. The molecular formula is C18H18N4O2. The van der Waals surface area contributed by atoms with Crippen molar-refractivity contribution in [2.24, 2.45) is 7.05 Å². The summed E-state index contributed by atoms with van der Waals surface area (Å²) < 4.78 is 1.53. The monoisotopic (exact) mass is 322 g/mol. The quantitative estimate of drug-likeness (QED) is 0.780. The summed E-state index contributed by atoms with van der Waals surface area (Å²) in [5.74, 6) is 0.683. The Hall–Kier alpha value is -2.89. The van der Waals surface area contributed by atoms with Crippen molar-refractivity contribution in [3.63, 3.8) is 0 Å². The van der Waals surface area contributed by atoms with E-state index in [0.29, 0.717) is 30.9 Å². The SMILES string of the molecule is Cc1nc2c(c(=O)n1C)CN(C(=O)Cc1c[nH]c3ccccc13)C2. The van der Waals surface area contributed by atoms with Gasteiger partial charge in [-0.15, -0.1) is 0 Å². The maximum absolute atomic E-state index is 12.7. The first-order chi connectivity index (χ1) is 11.5. The lowest BCUT2D eigenvalue weighted by Gasteiger charge is -2.14. The van der Waals surface area contributed by atoms with E-state index in [1.54, 1.807) is 18.9 Å². The number of hydrogen-bond donors (Lipinski definition) is 1. The number of carbonyl (C=O) groups excluding carboxylic acids is 1. The summed E-state index contributed by atoms with van der Waals surface area (Å²) in [5.41, 5.74) is 3.30. The summed E-state index contributed by atoms with van der Waals surface area (Å²) in [5, 5.41) is 1.06. The molecule has 0 unspecified atom stereocenters. The minimum Gasteiger partial charge on any atom is -0.361 e. The summed E-state index contributed by atoms with van der Waals surface area (Å²) >= 11 is 0. The average Bonchev–Trinajstić information content (AvgIpc) is 3.18. The second kappa shape index (κ2) is 5.33. The molecule has 1 aliphatic rings. The molecule has 0 aliphatic carbocycles. The first kappa shape index (κ1) is 14.7. The Morgan fingerprint density at radius 2 is 2.08 bits per heavy atom. The van der Waals surface area contributed by atoms with Gasteiger partial charge in [0.25, 0.3) is 5.56 Å². The molecule has 1 aliphatic heterocycles. The topological polar surface area (TPSA) is 71.0 Å². The molecular weight excluding hydrogens is 304 g/mol. The molecule has 1 aromatic carbocycles. The first-order valence-electron chi connectivity index (χ1n) is 7.92. The van der Waals surface area contributed by atoms with Crippen molar-refractivity contribution in [3.8, 4) is 0 Å². The van der Waals surface area contributed by atoms with Gasteiger partial charge in [0.1, 0.15) is 5.82 Å². The number of para-hydroxylation sites is 1. The number of hydrogen-bond acceptors (Lipinski definition) is 3. The molecule has 0 saturated carbocycles. The number of aryl methyl sites for hydroxylation is 1. The number of benzene rings is 1. The average molecular weight is 322 g/mol. The fourth-order valence-corrected chi connectivity index (χ4v) is 3.26. The van der Waals surface area contributed by atoms with Crippen LogP contribution < -0.4 is 5.56 Å². The van der Waals surface area contributed by atoms with Crippen LogP contribution in [0.15, 0.2) is 35.3 Å². The Morgan fingerprint density at radius 3 is 2.92 bits per heavy atom. The van der Waals surface area contributed by atoms with Crippen LogP contribution in [-0.4, -0.2) is 25.3 Å². The largest absolute Gasteiger partial charge is 0.361 e. The molecule has 0 spiro atoms. The normalized spacial score (nSPS) is 13.5. The van der Waals surface area contributed by atoms with Crippen LogP contribution in [0.25, 0.3) is 10.9 Å². The molecule has 0 bridgehead atoms. The number of rotatable bonds is 2. The van der Waals surface area contributed by atoms with Crippen LogP contribution in [0.3, 0.4) is 0 Å². The number of H-pyrrole nitrogens is 1. The smallest absolute Gasteiger partial charge is 0.258 e. The molecule has 3 aromatic rings. The van der Waals surface area contributed by atoms with Crippen LogP contribution >= 0.6 is 0 Å². The lowest BCUT2D eigenvalue weighted by atomic mass is 10.1. The summed E-state index contributed by atoms with van der Waals surface area (Å²) in [4.78, 5) is 34.4. The summed E-state index contributed by atoms with van der Waals surface area (Å²) in [6.07, 6.45) is 2.20. The molecule has 4 rings (SSSR count). The Labute approximate surface area is 138 Å². The van der Waals surface area contributed by atoms with E-state index in [1.165, 1.54) is 4.57 Å². The number of carbonyl (C=O) groups is 1. The van der Waals surface area contributed by atoms with Gasteiger partial charge in [-0.2, -0.15) is 0 Å². The molecule has 6 heteroatoms. The highest BCUT2D eigenvalue weighted by atomic mass is 16.2. The number of nitrogens with zero attached hydrogens (tertiary/aromatic N) is 3. The second-order valence-corrected chi connectivity index (χ2v) is 6.23. The molecule has 1 amide bonds. The number of fused-ring (bicyclic) bond motifs is 2. The van der Waals surface area contributed by atoms with E-state index in [-0.39, 0.29) is 11.5 Å². The molecule has 0 fully saturated rings. The molecule has 3 heterocycles. The van der Waals surface area contributed by atoms with Gasteiger partial charge in [0, 0.05) is 24.1 Å². The summed E-state index contributed by atoms with van der Waals surface area (Å²) in [7, 11) is 1.71. The number of aromatic amines is 1. The number of amides is 1. The first-order valence-corrected chi connectivity index (χ1v) is 7.92. The molecule has 0 radical (unpaired) electrons. The molecule has 2 aromatic heterocycles. The van der Waals surface area contributed by atoms with E-state index in [1.807, 2.05) is 30.5 Å². The summed E-state index contributed by atoms with van der Waals surface area (Å²) in [6, 6.07) is 7.93. The Bertz CT molecular complexity index is 1020. The van der Waals surface area contributed by atoms with Gasteiger partial charge in [-0.1, -0.05) is 18.2 Å². The lowest BCUT2D eigenvalue weighted by molar-refractivity contribution is -0.131. The number of nitrogens with one attached hydrogen (secondary N) is 1. The van der Waals surface area contributed by atoms with Crippen molar-refractivity contribution < 1.29 is 4.79 Å². The van der Waals surface area contributed by atoms with Gasteiger partial charge < -0.3 is 9.88 Å². The van der Waals surface area contributed by atoms with E-state index >= 15 is 0 Å². The second-order valence-electron chi connectivity index (χ2n) is 6.23. The molecule has 6 nitrogen and oxygen atoms in total. The van der Waals surface area contributed by atoms with E-state index < -0.39 is 0 Å². The van der Waals surface area contributed by atoms with Gasteiger partial charge in [-0.25, -0.2) is 4.98 Å². The third kappa shape index (κ3) is 2.22. The van der Waals surface area contributed by atoms with Gasteiger partial charge in [0.2, 0.25) is 5.91 Å². The maximum Gasteiger partial charge on any atom is 0.258 e. The van der Waals surface area contributed by atoms with Gasteiger partial charge in [0.05, 0.1) is 30.8 Å².